The van der Waals surface area contributed by atoms with E-state index in [2.05, 4.69) is 16.9 Å². The zero-order valence-electron chi connectivity index (χ0n) is 18.1. The Balaban J connectivity index is 1.19. The molecule has 2 heterocycles. The van der Waals surface area contributed by atoms with Crippen LogP contribution in [-0.2, 0) is 11.2 Å². The van der Waals surface area contributed by atoms with Crippen LogP contribution < -0.4 is 14.8 Å². The van der Waals surface area contributed by atoms with E-state index >= 15 is 0 Å². The number of nitrogens with one attached hydrogen (secondary N) is 1. The topological polar surface area (TPSA) is 93.8 Å². The van der Waals surface area contributed by atoms with Crippen LogP contribution in [0.5, 0.6) is 11.8 Å². The quantitative estimate of drug-likeness (QED) is 0.536. The van der Waals surface area contributed by atoms with Crippen LogP contribution in [0.4, 0.5) is 13.2 Å². The minimum absolute atomic E-state index is 0.0171. The summed E-state index contributed by atoms with van der Waals surface area (Å²) in [6.07, 6.45) is -4.11. The number of aryl methyl sites for hydroxylation is 1. The van der Waals surface area contributed by atoms with E-state index < -0.39 is 36.6 Å². The van der Waals surface area contributed by atoms with E-state index in [0.717, 1.165) is 0 Å². The van der Waals surface area contributed by atoms with E-state index in [-0.39, 0.29) is 18.6 Å². The first kappa shape index (κ1) is 24.4. The first-order valence-corrected chi connectivity index (χ1v) is 11.2. The lowest BCUT2D eigenvalue weighted by molar-refractivity contribution is -0.156. The minimum Gasteiger partial charge on any atom is -0.480 e. The van der Waals surface area contributed by atoms with Gasteiger partial charge in [-0.05, 0) is 43.4 Å². The lowest BCUT2D eigenvalue weighted by Crippen LogP contribution is -2.41. The smallest absolute Gasteiger partial charge is 0.393 e. The van der Waals surface area contributed by atoms with E-state index in [1.165, 1.54) is 6.20 Å². The van der Waals surface area contributed by atoms with Gasteiger partial charge >= 0.3 is 12.3 Å². The Labute approximate surface area is 198 Å². The predicted molar refractivity (Wildman–Crippen MR) is 115 cm³/mol. The average Bonchev–Trinajstić information content (AvgIpc) is 3.17. The molecule has 1 aromatic heterocycles. The number of aromatic nitrogens is 1. The van der Waals surface area contributed by atoms with E-state index in [4.69, 9.17) is 25.5 Å². The van der Waals surface area contributed by atoms with Crippen LogP contribution in [0.15, 0.2) is 41.1 Å². The van der Waals surface area contributed by atoms with Gasteiger partial charge in [-0.3, -0.25) is 4.79 Å². The van der Waals surface area contributed by atoms with Gasteiger partial charge in [0.1, 0.15) is 17.6 Å². The number of aliphatic hydroxyl groups is 1. The Bertz CT molecular complexity index is 1050. The highest BCUT2D eigenvalue weighted by molar-refractivity contribution is 6.30. The molecule has 1 amide bonds. The molecule has 1 aliphatic carbocycles. The van der Waals surface area contributed by atoms with Gasteiger partial charge < -0.3 is 24.3 Å². The molecule has 1 fully saturated rings. The number of aliphatic hydroxyl groups excluding tert-OH is 1. The highest BCUT2D eigenvalue weighted by Gasteiger charge is 2.40. The highest BCUT2D eigenvalue weighted by atomic mass is 35.5. The first-order chi connectivity index (χ1) is 16.1. The van der Waals surface area contributed by atoms with Crippen LogP contribution >= 0.6 is 11.6 Å². The van der Waals surface area contributed by atoms with Gasteiger partial charge in [-0.15, -0.1) is 0 Å². The summed E-state index contributed by atoms with van der Waals surface area (Å²) in [5.74, 6) is 0.0440. The number of allylic oxidation sites excluding steroid dienone is 1. The molecule has 1 saturated carbocycles. The molecule has 0 spiro atoms. The third kappa shape index (κ3) is 6.24. The van der Waals surface area contributed by atoms with Crippen molar-refractivity contribution < 1.29 is 37.0 Å². The van der Waals surface area contributed by atoms with Gasteiger partial charge in [-0.25, -0.2) is 0 Å². The lowest BCUT2D eigenvalue weighted by Gasteiger charge is -2.34. The van der Waals surface area contributed by atoms with E-state index in [1.54, 1.807) is 18.2 Å². The second-order valence-electron chi connectivity index (χ2n) is 8.62. The highest BCUT2D eigenvalue weighted by Crippen LogP contribution is 2.39. The van der Waals surface area contributed by atoms with Crippen LogP contribution in [0.2, 0.25) is 5.02 Å². The second kappa shape index (κ2) is 9.87. The van der Waals surface area contributed by atoms with Crippen LogP contribution in [0, 0.1) is 5.92 Å². The van der Waals surface area contributed by atoms with Crippen molar-refractivity contribution in [3.05, 3.63) is 53.0 Å². The van der Waals surface area contributed by atoms with Gasteiger partial charge in [-0.1, -0.05) is 18.2 Å². The summed E-state index contributed by atoms with van der Waals surface area (Å²) in [6, 6.07) is 4.84. The van der Waals surface area contributed by atoms with E-state index in [1.807, 2.05) is 0 Å². The molecule has 0 saturated heterocycles. The number of hydrogen-bond donors (Lipinski definition) is 2. The number of nitrogens with zero attached hydrogens (tertiary/aromatic N) is 1. The molecule has 0 unspecified atom stereocenters. The summed E-state index contributed by atoms with van der Waals surface area (Å²) < 4.78 is 53.8. The summed E-state index contributed by atoms with van der Waals surface area (Å²) in [6.45, 7) is 3.84. The Kier molecular flexibility index (Phi) is 7.09. The summed E-state index contributed by atoms with van der Waals surface area (Å²) in [5.41, 5.74) is 0.967. The standard InChI is InChI=1S/C23H24ClF3N2O5/c1-12(29-21(31)20-9-18(30)17-8-14(24)3-5-19(17)34-20)2-4-15-11-28-22(32-15)33-16-6-13(7-16)10-23(25,26)27/h3,5,8,11,13,16,18,20,30H,1-2,4,6-7,9-10H2,(H,29,31)/t13?,16?,18-,20-/m1/s1. The summed E-state index contributed by atoms with van der Waals surface area (Å²) >= 11 is 5.94. The number of alkyl halides is 3. The largest absolute Gasteiger partial charge is 0.480 e. The van der Waals surface area contributed by atoms with Crippen molar-refractivity contribution in [3.8, 4) is 11.8 Å². The molecule has 1 aliphatic heterocycles. The Hall–Kier alpha value is -2.72. The molecule has 1 aromatic carbocycles. The van der Waals surface area contributed by atoms with Crippen molar-refractivity contribution in [2.24, 2.45) is 5.92 Å². The van der Waals surface area contributed by atoms with Gasteiger partial charge in [0.05, 0.1) is 12.3 Å². The number of benzene rings is 1. The number of ether oxygens (including phenoxy) is 2. The molecule has 2 atom stereocenters. The third-order valence-electron chi connectivity index (χ3n) is 5.82. The Morgan fingerprint density at radius 1 is 1.32 bits per heavy atom. The molecule has 2 aliphatic rings. The fourth-order valence-corrected chi connectivity index (χ4v) is 4.22. The lowest BCUT2D eigenvalue weighted by atomic mass is 9.80. The zero-order valence-corrected chi connectivity index (χ0v) is 18.9. The van der Waals surface area contributed by atoms with Gasteiger partial charge in [0.15, 0.2) is 6.10 Å². The van der Waals surface area contributed by atoms with Crippen molar-refractivity contribution in [1.82, 2.24) is 10.3 Å². The summed E-state index contributed by atoms with van der Waals surface area (Å²) in [5, 5.41) is 13.5. The minimum atomic E-state index is -4.16. The fourth-order valence-electron chi connectivity index (χ4n) is 4.04. The zero-order chi connectivity index (χ0) is 24.5. The maximum atomic E-state index is 12.6. The molecule has 4 rings (SSSR count). The predicted octanol–water partition coefficient (Wildman–Crippen LogP) is 4.89. The van der Waals surface area contributed by atoms with Gasteiger partial charge in [-0.2, -0.15) is 18.2 Å². The monoisotopic (exact) mass is 500 g/mol. The van der Waals surface area contributed by atoms with Crippen molar-refractivity contribution >= 4 is 17.5 Å². The number of oxazole rings is 1. The Morgan fingerprint density at radius 3 is 2.82 bits per heavy atom. The molecular formula is C23H24ClF3N2O5. The third-order valence-corrected chi connectivity index (χ3v) is 6.05. The van der Waals surface area contributed by atoms with Gasteiger partial charge in [0.25, 0.3) is 5.91 Å². The number of carbonyl (C=O) groups is 1. The van der Waals surface area contributed by atoms with E-state index in [0.29, 0.717) is 53.5 Å². The van der Waals surface area contributed by atoms with Crippen LogP contribution in [0.25, 0.3) is 0 Å². The van der Waals surface area contributed by atoms with Crippen molar-refractivity contribution in [3.63, 3.8) is 0 Å². The molecule has 11 heteroatoms. The van der Waals surface area contributed by atoms with Gasteiger partial charge in [0.2, 0.25) is 0 Å². The number of amides is 1. The molecule has 0 radical (unpaired) electrons. The maximum Gasteiger partial charge on any atom is 0.393 e. The van der Waals surface area contributed by atoms with E-state index in [9.17, 15) is 23.1 Å². The van der Waals surface area contributed by atoms with Crippen LogP contribution in [0.3, 0.4) is 0 Å². The van der Waals surface area contributed by atoms with Crippen molar-refractivity contribution in [2.75, 3.05) is 0 Å². The number of halogens is 4. The molecule has 0 bridgehead atoms. The molecule has 7 nitrogen and oxygen atoms in total. The number of fused-ring (bicyclic) bond motifs is 1. The molecule has 184 valence electrons. The number of hydrogen-bond acceptors (Lipinski definition) is 6. The normalized spacial score (nSPS) is 23.9. The van der Waals surface area contributed by atoms with Gasteiger partial charge in [0, 0.05) is 35.5 Å². The molecule has 2 N–H and O–H groups in total. The van der Waals surface area contributed by atoms with Crippen LogP contribution in [-0.4, -0.2) is 34.4 Å². The van der Waals surface area contributed by atoms with Crippen molar-refractivity contribution in [1.29, 1.82) is 0 Å². The second-order valence-corrected chi connectivity index (χ2v) is 9.06. The maximum absolute atomic E-state index is 12.6. The molecule has 34 heavy (non-hydrogen) atoms. The Morgan fingerprint density at radius 2 is 2.09 bits per heavy atom. The fraction of sp³-hybridized carbons (Fsp3) is 0.478. The summed E-state index contributed by atoms with van der Waals surface area (Å²) in [4.78, 5) is 16.6. The average molecular weight is 501 g/mol. The summed E-state index contributed by atoms with van der Waals surface area (Å²) in [7, 11) is 0. The first-order valence-electron chi connectivity index (χ1n) is 10.9. The van der Waals surface area contributed by atoms with Crippen molar-refractivity contribution in [2.45, 2.75) is 63.0 Å². The SMILES string of the molecule is C=C(CCc1cnc(OC2CC(CC(F)(F)F)C2)o1)NC(=O)[C@H]1C[C@@H](O)c2cc(Cl)ccc2O1. The molecular weight excluding hydrogens is 477 g/mol. The van der Waals surface area contributed by atoms with Crippen LogP contribution in [0.1, 0.15) is 49.5 Å². The molecule has 2 aromatic rings. The number of carbonyl (C=O) groups excluding carboxylic acids is 1. The number of rotatable bonds is 8.